The van der Waals surface area contributed by atoms with Gasteiger partial charge in [-0.25, -0.2) is 0 Å². The number of hydrogen-bond acceptors (Lipinski definition) is 4. The predicted molar refractivity (Wildman–Crippen MR) is 173 cm³/mol. The zero-order valence-corrected chi connectivity index (χ0v) is 28.0. The molecule has 0 amide bonds. The Kier molecular flexibility index (Phi) is 8.85. The van der Waals surface area contributed by atoms with Crippen LogP contribution in [0.3, 0.4) is 0 Å². The van der Waals surface area contributed by atoms with Crippen molar-refractivity contribution in [3.8, 4) is 0 Å². The zero-order valence-electron chi connectivity index (χ0n) is 26.6. The number of hydrogen-bond donors (Lipinski definition) is 1. The van der Waals surface area contributed by atoms with E-state index in [0.29, 0.717) is 23.4 Å². The minimum absolute atomic E-state index is 0. The van der Waals surface area contributed by atoms with E-state index in [1.54, 1.807) is 6.08 Å². The van der Waals surface area contributed by atoms with Crippen LogP contribution < -0.4 is 20.7 Å². The maximum Gasteiger partial charge on any atom is 2.00 e. The van der Waals surface area contributed by atoms with E-state index in [1.165, 1.54) is 7.11 Å². The second kappa shape index (κ2) is 12.2. The maximum absolute atomic E-state index is 14.0. The first-order valence-electron chi connectivity index (χ1n) is 15.1. The van der Waals surface area contributed by atoms with Crippen LogP contribution in [-0.2, 0) is 25.5 Å². The standard InChI is InChI=1S/C35H36N4O5.Mg/c1-8-19-15(3)22-12-24-17(5)21(10-11-28(40)41)32(38-24)30-31(35(43)44-7)34(42)29-18(6)25(39-33(29)30)14-27-20(9-2)16(4)23(37-27)13-26(19)36-22;/h8,12-14,17,21,29,31-32H,1,9-11H2,2-7H3,(H,40,41);/q-4;+2/b23-13-,24-12-,27-14-;/t17-,21-,29?,31+,32?;/m0./s1. The van der Waals surface area contributed by atoms with Gasteiger partial charge in [-0.2, -0.15) is 5.70 Å². The summed E-state index contributed by atoms with van der Waals surface area (Å²) in [5, 5.41) is 21.3. The molecular formula is C35H36MgN4O5-2. The van der Waals surface area contributed by atoms with Crippen molar-refractivity contribution in [1.82, 2.24) is 9.97 Å². The summed E-state index contributed by atoms with van der Waals surface area (Å²) in [6, 6.07) is -0.621. The Morgan fingerprint density at radius 1 is 1.07 bits per heavy atom. The molecule has 0 radical (unpaired) electrons. The molecule has 230 valence electrons. The van der Waals surface area contributed by atoms with Crippen molar-refractivity contribution < 1.29 is 24.2 Å². The summed E-state index contributed by atoms with van der Waals surface area (Å²) >= 11 is 0. The molecule has 8 bridgehead atoms. The molecule has 2 aromatic rings. The van der Waals surface area contributed by atoms with Crippen LogP contribution in [0.4, 0.5) is 0 Å². The fourth-order valence-corrected chi connectivity index (χ4v) is 7.39. The molecule has 9 nitrogen and oxygen atoms in total. The number of carbonyl (C=O) groups excluding carboxylic acids is 2. The van der Waals surface area contributed by atoms with E-state index in [2.05, 4.69) is 20.4 Å². The van der Waals surface area contributed by atoms with Crippen LogP contribution in [-0.4, -0.2) is 59.0 Å². The largest absolute Gasteiger partial charge is 2.00 e. The average molecular weight is 617 g/mol. The summed E-state index contributed by atoms with van der Waals surface area (Å²) in [4.78, 5) is 48.9. The SMILES string of the molecule is C=Cc1c2[n-]c(c1C)/C=C1\[N-]C(C3=C4[N-]C(=C(C)C4C(=O)[C@@H]3C(=O)OC)/C=c3\[n-]/c(c(C)c3CC)=C\2)[C@@H](CCC(=O)O)[C@@H]1C.[Mg+2]. The first-order valence-corrected chi connectivity index (χ1v) is 15.1. The number of methoxy groups -OCH3 is 1. The van der Waals surface area contributed by atoms with E-state index in [0.717, 1.165) is 62.0 Å². The first-order chi connectivity index (χ1) is 21.0. The molecule has 6 rings (SSSR count). The Bertz CT molecular complexity index is 1860. The Morgan fingerprint density at radius 3 is 2.44 bits per heavy atom. The van der Waals surface area contributed by atoms with Gasteiger partial charge in [0.2, 0.25) is 0 Å². The molecular weight excluding hydrogens is 581 g/mol. The molecule has 2 unspecified atom stereocenters. The second-order valence-electron chi connectivity index (χ2n) is 12.1. The van der Waals surface area contributed by atoms with E-state index < -0.39 is 29.8 Å². The Morgan fingerprint density at radius 2 is 1.80 bits per heavy atom. The average Bonchev–Trinajstić information content (AvgIpc) is 3.72. The Labute approximate surface area is 278 Å². The minimum Gasteiger partial charge on any atom is -0.681 e. The number of rotatable bonds is 6. The summed E-state index contributed by atoms with van der Waals surface area (Å²) in [6.45, 7) is 14.1. The van der Waals surface area contributed by atoms with Gasteiger partial charge < -0.3 is 30.4 Å². The van der Waals surface area contributed by atoms with Crippen molar-refractivity contribution >= 4 is 65.1 Å². The number of allylic oxidation sites excluding steroid dienone is 3. The van der Waals surface area contributed by atoms with Crippen LogP contribution in [0.25, 0.3) is 34.9 Å². The van der Waals surface area contributed by atoms with E-state index in [4.69, 9.17) is 25.3 Å². The number of Topliss-reactive ketones (excluding diaryl/α,β-unsaturated/α-hetero) is 1. The fraction of sp³-hybridized carbons (Fsp3) is 0.400. The van der Waals surface area contributed by atoms with E-state index >= 15 is 0 Å². The normalized spacial score (nSPS) is 27.4. The van der Waals surface area contributed by atoms with Crippen LogP contribution in [0.1, 0.15) is 67.3 Å². The molecule has 1 N–H and O–H groups in total. The molecule has 3 aliphatic heterocycles. The van der Waals surface area contributed by atoms with E-state index in [1.807, 2.05) is 39.0 Å². The summed E-state index contributed by atoms with van der Waals surface area (Å²) in [5.74, 6) is -4.14. The molecule has 1 fully saturated rings. The molecule has 2 aromatic heterocycles. The number of aromatic nitrogens is 2. The summed E-state index contributed by atoms with van der Waals surface area (Å²) < 4.78 is 5.14. The van der Waals surface area contributed by atoms with Crippen LogP contribution in [0, 0.1) is 37.5 Å². The summed E-state index contributed by atoms with van der Waals surface area (Å²) in [6.07, 6.45) is 8.67. The number of aliphatic carboxylic acids is 1. The molecule has 5 heterocycles. The van der Waals surface area contributed by atoms with Gasteiger partial charge in [-0.05, 0) is 51.0 Å². The number of fused-ring (bicyclic) bond motifs is 8. The molecule has 45 heavy (non-hydrogen) atoms. The number of ketones is 1. The monoisotopic (exact) mass is 616 g/mol. The fourth-order valence-electron chi connectivity index (χ4n) is 7.39. The van der Waals surface area contributed by atoms with E-state index in [-0.39, 0.29) is 47.1 Å². The second-order valence-corrected chi connectivity index (χ2v) is 12.1. The number of ether oxygens (including phenoxy) is 1. The third-order valence-electron chi connectivity index (χ3n) is 9.86. The number of carbonyl (C=O) groups is 3. The van der Waals surface area contributed by atoms with Crippen molar-refractivity contribution in [2.24, 2.45) is 23.7 Å². The number of esters is 1. The molecule has 1 saturated heterocycles. The third kappa shape index (κ3) is 5.12. The van der Waals surface area contributed by atoms with Gasteiger partial charge in [-0.3, -0.25) is 14.4 Å². The van der Waals surface area contributed by atoms with E-state index in [9.17, 15) is 19.5 Å². The van der Waals surface area contributed by atoms with Gasteiger partial charge in [0.25, 0.3) is 0 Å². The molecule has 4 aliphatic rings. The van der Waals surface area contributed by atoms with Crippen molar-refractivity contribution in [2.45, 2.75) is 59.9 Å². The van der Waals surface area contributed by atoms with Gasteiger partial charge in [0.1, 0.15) is 5.92 Å². The summed E-state index contributed by atoms with van der Waals surface area (Å²) in [7, 11) is 1.27. The smallest absolute Gasteiger partial charge is 0.681 e. The molecule has 1 aliphatic carbocycles. The minimum atomic E-state index is -1.16. The molecule has 10 heteroatoms. The number of nitrogens with zero attached hydrogens (tertiary/aromatic N) is 4. The van der Waals surface area contributed by atoms with Crippen molar-refractivity contribution in [2.75, 3.05) is 7.11 Å². The van der Waals surface area contributed by atoms with Gasteiger partial charge in [0.05, 0.1) is 7.11 Å². The van der Waals surface area contributed by atoms with Gasteiger partial charge >= 0.3 is 35.0 Å². The zero-order chi connectivity index (χ0) is 31.6. The maximum atomic E-state index is 14.0. The third-order valence-corrected chi connectivity index (χ3v) is 9.86. The number of carboxylic acid groups (broad SMARTS) is 1. The van der Waals surface area contributed by atoms with Crippen molar-refractivity contribution in [1.29, 1.82) is 0 Å². The van der Waals surface area contributed by atoms with Gasteiger partial charge in [0.15, 0.2) is 5.78 Å². The van der Waals surface area contributed by atoms with Gasteiger partial charge in [-0.1, -0.05) is 78.6 Å². The molecule has 0 aromatic carbocycles. The Hall–Kier alpha value is -3.76. The van der Waals surface area contributed by atoms with Gasteiger partial charge in [-0.15, -0.1) is 33.5 Å². The first kappa shape index (κ1) is 32.6. The predicted octanol–water partition coefficient (Wildman–Crippen LogP) is 3.78. The molecule has 0 spiro atoms. The van der Waals surface area contributed by atoms with Crippen LogP contribution in [0.15, 0.2) is 34.8 Å². The van der Waals surface area contributed by atoms with Crippen molar-refractivity contribution in [3.05, 3.63) is 89.8 Å². The topological polar surface area (TPSA) is 137 Å². The number of carboxylic acids is 1. The van der Waals surface area contributed by atoms with Crippen LogP contribution in [0.2, 0.25) is 0 Å². The molecule has 0 saturated carbocycles. The Balaban J connectivity index is 0.00000400. The van der Waals surface area contributed by atoms with Crippen LogP contribution in [0.5, 0.6) is 0 Å². The van der Waals surface area contributed by atoms with Gasteiger partial charge in [0, 0.05) is 12.3 Å². The summed E-state index contributed by atoms with van der Waals surface area (Å²) in [5.41, 5.74) is 8.67. The quantitative estimate of drug-likeness (QED) is 0.296. The van der Waals surface area contributed by atoms with Crippen molar-refractivity contribution in [3.63, 3.8) is 0 Å². The van der Waals surface area contributed by atoms with Crippen LogP contribution >= 0.6 is 0 Å². The molecule has 5 atom stereocenters.